The second-order valence-electron chi connectivity index (χ2n) is 6.38. The minimum Gasteiger partial charge on any atom is -0.345 e. The van der Waals surface area contributed by atoms with Crippen molar-refractivity contribution in [1.82, 2.24) is 9.29 Å². The average molecular weight is 411 g/mol. The molecule has 0 radical (unpaired) electrons. The molecule has 0 bridgehead atoms. The first-order valence-electron chi connectivity index (χ1n) is 8.85. The molecule has 0 unspecified atom stereocenters. The number of piperazine rings is 1. The molecule has 3 aromatic rings. The topological polar surface area (TPSA) is 77.3 Å². The fourth-order valence-corrected chi connectivity index (χ4v) is 5.65. The van der Waals surface area contributed by atoms with Gasteiger partial charge in [0.25, 0.3) is 0 Å². The van der Waals surface area contributed by atoms with Crippen LogP contribution < -0.4 is 4.90 Å². The molecule has 28 heavy (non-hydrogen) atoms. The summed E-state index contributed by atoms with van der Waals surface area (Å²) in [5, 5.41) is 12.1. The fraction of sp³-hybridized carbons (Fsp3) is 0.200. The van der Waals surface area contributed by atoms with Gasteiger partial charge < -0.3 is 4.90 Å². The van der Waals surface area contributed by atoms with E-state index >= 15 is 0 Å². The van der Waals surface area contributed by atoms with Crippen molar-refractivity contribution in [3.8, 4) is 17.3 Å². The average Bonchev–Trinajstić information content (AvgIpc) is 3.25. The van der Waals surface area contributed by atoms with Gasteiger partial charge in [-0.1, -0.05) is 42.5 Å². The van der Waals surface area contributed by atoms with Crippen molar-refractivity contribution in [3.05, 3.63) is 65.5 Å². The van der Waals surface area contributed by atoms with Gasteiger partial charge in [0.1, 0.15) is 6.07 Å². The lowest BCUT2D eigenvalue weighted by Gasteiger charge is -2.33. The van der Waals surface area contributed by atoms with Crippen LogP contribution in [0.1, 0.15) is 5.56 Å². The summed E-state index contributed by atoms with van der Waals surface area (Å²) in [5.74, 6) is 0. The molecule has 142 valence electrons. The Morgan fingerprint density at radius 2 is 1.64 bits per heavy atom. The van der Waals surface area contributed by atoms with Gasteiger partial charge in [0.2, 0.25) is 10.0 Å². The van der Waals surface area contributed by atoms with E-state index in [1.807, 2.05) is 41.8 Å². The molecule has 0 aliphatic carbocycles. The van der Waals surface area contributed by atoms with Gasteiger partial charge in [0.15, 0.2) is 5.13 Å². The standard InChI is InChI=1S/C20H18N4O2S2/c21-14-17-8-4-5-9-19(17)28(25,26)24-12-10-23(11-13-24)20-22-18(15-27-20)16-6-2-1-3-7-16/h1-9,15H,10-13H2. The van der Waals surface area contributed by atoms with Gasteiger partial charge in [-0.05, 0) is 12.1 Å². The highest BCUT2D eigenvalue weighted by atomic mass is 32.2. The largest absolute Gasteiger partial charge is 0.345 e. The number of aromatic nitrogens is 1. The van der Waals surface area contributed by atoms with Crippen LogP contribution in [0.25, 0.3) is 11.3 Å². The quantitative estimate of drug-likeness (QED) is 0.660. The minimum absolute atomic E-state index is 0.0755. The zero-order chi connectivity index (χ0) is 19.6. The van der Waals surface area contributed by atoms with E-state index in [1.165, 1.54) is 16.4 Å². The Kier molecular flexibility index (Phi) is 5.13. The molecular formula is C20H18N4O2S2. The van der Waals surface area contributed by atoms with Gasteiger partial charge in [0.05, 0.1) is 16.2 Å². The monoisotopic (exact) mass is 410 g/mol. The molecule has 0 N–H and O–H groups in total. The number of benzene rings is 2. The smallest absolute Gasteiger partial charge is 0.244 e. The molecule has 0 spiro atoms. The van der Waals surface area contributed by atoms with Crippen molar-refractivity contribution < 1.29 is 8.42 Å². The van der Waals surface area contributed by atoms with Crippen LogP contribution >= 0.6 is 11.3 Å². The summed E-state index contributed by atoms with van der Waals surface area (Å²) in [6, 6.07) is 18.3. The maximum absolute atomic E-state index is 12.9. The SMILES string of the molecule is N#Cc1ccccc1S(=O)(=O)N1CCN(c2nc(-c3ccccc3)cs2)CC1. The first-order chi connectivity index (χ1) is 13.6. The van der Waals surface area contributed by atoms with Crippen molar-refractivity contribution in [2.45, 2.75) is 4.90 Å². The van der Waals surface area contributed by atoms with E-state index in [0.717, 1.165) is 16.4 Å². The molecule has 4 rings (SSSR count). The third-order valence-corrected chi connectivity index (χ3v) is 7.55. The highest BCUT2D eigenvalue weighted by Gasteiger charge is 2.31. The Labute approximate surface area is 168 Å². The summed E-state index contributed by atoms with van der Waals surface area (Å²) >= 11 is 1.57. The normalized spacial score (nSPS) is 15.3. The van der Waals surface area contributed by atoms with Gasteiger partial charge in [-0.15, -0.1) is 11.3 Å². The molecule has 2 aromatic carbocycles. The number of nitrogens with zero attached hydrogens (tertiary/aromatic N) is 4. The van der Waals surface area contributed by atoms with Crippen LogP contribution in [0.2, 0.25) is 0 Å². The third kappa shape index (κ3) is 3.52. The summed E-state index contributed by atoms with van der Waals surface area (Å²) in [4.78, 5) is 6.90. The van der Waals surface area contributed by atoms with Gasteiger partial charge in [-0.3, -0.25) is 0 Å². The first-order valence-corrected chi connectivity index (χ1v) is 11.2. The molecular weight excluding hydrogens is 392 g/mol. The summed E-state index contributed by atoms with van der Waals surface area (Å²) in [5.41, 5.74) is 2.18. The molecule has 1 fully saturated rings. The zero-order valence-electron chi connectivity index (χ0n) is 15.0. The Balaban J connectivity index is 1.48. The molecule has 0 atom stereocenters. The fourth-order valence-electron chi connectivity index (χ4n) is 3.19. The Morgan fingerprint density at radius 1 is 0.964 bits per heavy atom. The van der Waals surface area contributed by atoms with Crippen molar-refractivity contribution in [2.24, 2.45) is 0 Å². The molecule has 0 saturated carbocycles. The molecule has 6 nitrogen and oxygen atoms in total. The van der Waals surface area contributed by atoms with Crippen molar-refractivity contribution in [2.75, 3.05) is 31.1 Å². The van der Waals surface area contributed by atoms with Crippen molar-refractivity contribution >= 4 is 26.5 Å². The van der Waals surface area contributed by atoms with E-state index in [0.29, 0.717) is 26.2 Å². The van der Waals surface area contributed by atoms with E-state index in [-0.39, 0.29) is 10.5 Å². The summed E-state index contributed by atoms with van der Waals surface area (Å²) in [7, 11) is -3.68. The van der Waals surface area contributed by atoms with E-state index in [2.05, 4.69) is 4.90 Å². The zero-order valence-corrected chi connectivity index (χ0v) is 16.7. The van der Waals surface area contributed by atoms with Crippen LogP contribution in [0.5, 0.6) is 0 Å². The van der Waals surface area contributed by atoms with E-state index in [4.69, 9.17) is 4.98 Å². The van der Waals surface area contributed by atoms with Crippen LogP contribution in [0.3, 0.4) is 0 Å². The number of rotatable bonds is 4. The van der Waals surface area contributed by atoms with E-state index < -0.39 is 10.0 Å². The highest BCUT2D eigenvalue weighted by Crippen LogP contribution is 2.29. The Hall–Kier alpha value is -2.73. The molecule has 1 saturated heterocycles. The molecule has 8 heteroatoms. The third-order valence-electron chi connectivity index (χ3n) is 4.70. The van der Waals surface area contributed by atoms with Crippen LogP contribution in [0.4, 0.5) is 5.13 Å². The lowest BCUT2D eigenvalue weighted by Crippen LogP contribution is -2.48. The number of anilines is 1. The summed E-state index contributed by atoms with van der Waals surface area (Å²) in [6.07, 6.45) is 0. The predicted octanol–water partition coefficient (Wildman–Crippen LogP) is 3.19. The molecule has 0 amide bonds. The lowest BCUT2D eigenvalue weighted by atomic mass is 10.2. The highest BCUT2D eigenvalue weighted by molar-refractivity contribution is 7.89. The number of hydrogen-bond donors (Lipinski definition) is 0. The molecule has 1 aliphatic heterocycles. The number of sulfonamides is 1. The van der Waals surface area contributed by atoms with Gasteiger partial charge >= 0.3 is 0 Å². The number of nitriles is 1. The molecule has 2 heterocycles. The number of thiazole rings is 1. The van der Waals surface area contributed by atoms with Gasteiger partial charge in [-0.25, -0.2) is 13.4 Å². The second-order valence-corrected chi connectivity index (χ2v) is 9.12. The predicted molar refractivity (Wildman–Crippen MR) is 110 cm³/mol. The maximum atomic E-state index is 12.9. The van der Waals surface area contributed by atoms with Gasteiger partial charge in [-0.2, -0.15) is 9.57 Å². The van der Waals surface area contributed by atoms with Crippen molar-refractivity contribution in [3.63, 3.8) is 0 Å². The van der Waals surface area contributed by atoms with Crippen LogP contribution in [-0.4, -0.2) is 43.9 Å². The van der Waals surface area contributed by atoms with E-state index in [9.17, 15) is 13.7 Å². The summed E-state index contributed by atoms with van der Waals surface area (Å²) in [6.45, 7) is 1.86. The molecule has 1 aromatic heterocycles. The molecule has 1 aliphatic rings. The van der Waals surface area contributed by atoms with E-state index in [1.54, 1.807) is 23.5 Å². The minimum atomic E-state index is -3.68. The Bertz CT molecular complexity index is 1110. The van der Waals surface area contributed by atoms with Gasteiger partial charge in [0, 0.05) is 37.1 Å². The maximum Gasteiger partial charge on any atom is 0.244 e. The second kappa shape index (κ2) is 7.72. The van der Waals surface area contributed by atoms with Crippen LogP contribution in [-0.2, 0) is 10.0 Å². The van der Waals surface area contributed by atoms with Crippen molar-refractivity contribution in [1.29, 1.82) is 5.26 Å². The summed E-state index contributed by atoms with van der Waals surface area (Å²) < 4.78 is 27.3. The first kappa shape index (κ1) is 18.6. The Morgan fingerprint density at radius 3 is 2.36 bits per heavy atom. The van der Waals surface area contributed by atoms with Crippen LogP contribution in [0.15, 0.2) is 64.9 Å². The van der Waals surface area contributed by atoms with Crippen LogP contribution in [0, 0.1) is 11.3 Å². The number of hydrogen-bond acceptors (Lipinski definition) is 6. The lowest BCUT2D eigenvalue weighted by molar-refractivity contribution is 0.384.